The Bertz CT molecular complexity index is 999. The van der Waals surface area contributed by atoms with Gasteiger partial charge in [0.25, 0.3) is 0 Å². The Kier molecular flexibility index (Phi) is 4.41. The highest BCUT2D eigenvalue weighted by Gasteiger charge is 2.40. The van der Waals surface area contributed by atoms with Gasteiger partial charge in [-0.2, -0.15) is 5.06 Å². The summed E-state index contributed by atoms with van der Waals surface area (Å²) in [6.45, 7) is 0. The lowest BCUT2D eigenvalue weighted by Crippen LogP contribution is -2.30. The van der Waals surface area contributed by atoms with Crippen LogP contribution >= 0.6 is 22.6 Å². The smallest absolute Gasteiger partial charge is 0.353 e. The Morgan fingerprint density at radius 1 is 1.15 bits per heavy atom. The first kappa shape index (κ1) is 17.0. The summed E-state index contributed by atoms with van der Waals surface area (Å²) in [6, 6.07) is 15.8. The van der Waals surface area contributed by atoms with E-state index in [0.717, 1.165) is 20.2 Å². The van der Waals surface area contributed by atoms with E-state index in [1.165, 1.54) is 12.2 Å². The van der Waals surface area contributed by atoms with Crippen molar-refractivity contribution in [1.82, 2.24) is 9.63 Å². The molecule has 26 heavy (non-hydrogen) atoms. The van der Waals surface area contributed by atoms with Gasteiger partial charge in [-0.15, -0.1) is 0 Å². The summed E-state index contributed by atoms with van der Waals surface area (Å²) in [4.78, 5) is 30.4. The third-order valence-corrected chi connectivity index (χ3v) is 5.00. The molecule has 1 aliphatic heterocycles. The molecular formula is C19H15IN2O4. The summed E-state index contributed by atoms with van der Waals surface area (Å²) < 4.78 is 8.04. The zero-order valence-corrected chi connectivity index (χ0v) is 16.0. The lowest BCUT2D eigenvalue weighted by molar-refractivity contribution is -0.143. The number of rotatable bonds is 4. The van der Waals surface area contributed by atoms with E-state index in [1.54, 1.807) is 28.8 Å². The average Bonchev–Trinajstić information content (AvgIpc) is 3.11. The number of fused-ring (bicyclic) bond motifs is 3. The van der Waals surface area contributed by atoms with Crippen molar-refractivity contribution >= 4 is 45.5 Å². The molecule has 1 amide bonds. The Balaban J connectivity index is 1.66. The number of benzene rings is 2. The Labute approximate surface area is 163 Å². The van der Waals surface area contributed by atoms with E-state index in [0.29, 0.717) is 5.75 Å². The molecule has 4 rings (SSSR count). The number of esters is 1. The molecule has 7 heteroatoms. The second-order valence-corrected chi connectivity index (χ2v) is 7.15. The van der Waals surface area contributed by atoms with Crippen LogP contribution in [0.1, 0.15) is 18.2 Å². The Hall–Kier alpha value is -2.39. The predicted octanol–water partition coefficient (Wildman–Crippen LogP) is 4.13. The molecule has 0 N–H and O–H groups in total. The van der Waals surface area contributed by atoms with E-state index in [2.05, 4.69) is 22.6 Å². The van der Waals surface area contributed by atoms with Crippen LogP contribution in [0.15, 0.2) is 54.6 Å². The molecule has 3 aromatic rings. The molecular weight excluding hydrogens is 447 g/mol. The molecule has 0 fully saturated rings. The van der Waals surface area contributed by atoms with Crippen molar-refractivity contribution in [1.29, 1.82) is 0 Å². The molecule has 1 aromatic heterocycles. The van der Waals surface area contributed by atoms with E-state index in [9.17, 15) is 9.59 Å². The van der Waals surface area contributed by atoms with Gasteiger partial charge >= 0.3 is 12.0 Å². The van der Waals surface area contributed by atoms with Gasteiger partial charge in [-0.3, -0.25) is 14.2 Å². The highest BCUT2D eigenvalue weighted by Crippen LogP contribution is 2.37. The average molecular weight is 462 g/mol. The van der Waals surface area contributed by atoms with Crippen LogP contribution in [0.4, 0.5) is 4.79 Å². The van der Waals surface area contributed by atoms with E-state index < -0.39 is 12.0 Å². The molecule has 2 aromatic carbocycles. The number of carbonyl (C=O) groups is 2. The second kappa shape index (κ2) is 6.73. The van der Waals surface area contributed by atoms with Crippen LogP contribution in [0, 0.1) is 3.57 Å². The zero-order chi connectivity index (χ0) is 18.3. The topological polar surface area (TPSA) is 60.8 Å². The molecule has 0 saturated carbocycles. The van der Waals surface area contributed by atoms with Gasteiger partial charge in [0, 0.05) is 8.96 Å². The summed E-state index contributed by atoms with van der Waals surface area (Å²) in [7, 11) is 1.42. The standard InChI is InChI=1S/C19H15IN2O4/c1-25-22-17(11-18(23)26-14-5-3-2-4-6-14)16-10-12-9-13(20)7-8-15(12)21(16)19(22)24/h2-10,17H,11H2,1H3. The fourth-order valence-electron chi connectivity index (χ4n) is 3.23. The number of nitrogens with zero attached hydrogens (tertiary/aromatic N) is 2. The van der Waals surface area contributed by atoms with Crippen LogP contribution in [-0.2, 0) is 9.63 Å². The molecule has 0 aliphatic carbocycles. The summed E-state index contributed by atoms with van der Waals surface area (Å²) in [5.41, 5.74) is 1.52. The van der Waals surface area contributed by atoms with Gasteiger partial charge in [0.05, 0.1) is 24.7 Å². The van der Waals surface area contributed by atoms with Crippen LogP contribution < -0.4 is 4.74 Å². The van der Waals surface area contributed by atoms with Gasteiger partial charge in [-0.1, -0.05) is 18.2 Å². The molecule has 0 spiro atoms. The van der Waals surface area contributed by atoms with Crippen LogP contribution in [0.25, 0.3) is 10.9 Å². The van der Waals surface area contributed by atoms with Crippen LogP contribution in [0.3, 0.4) is 0 Å². The van der Waals surface area contributed by atoms with Gasteiger partial charge < -0.3 is 4.74 Å². The molecule has 2 heterocycles. The highest BCUT2D eigenvalue weighted by atomic mass is 127. The zero-order valence-electron chi connectivity index (χ0n) is 13.9. The number of hydrogen-bond donors (Lipinski definition) is 0. The lowest BCUT2D eigenvalue weighted by Gasteiger charge is -2.20. The molecule has 1 unspecified atom stereocenters. The fourth-order valence-corrected chi connectivity index (χ4v) is 3.75. The normalized spacial score (nSPS) is 16.2. The maximum Gasteiger partial charge on any atom is 0.353 e. The first-order valence-corrected chi connectivity index (χ1v) is 9.10. The molecule has 132 valence electrons. The third kappa shape index (κ3) is 2.86. The van der Waals surface area contributed by atoms with Crippen molar-refractivity contribution in [2.75, 3.05) is 7.11 Å². The minimum Gasteiger partial charge on any atom is -0.426 e. The van der Waals surface area contributed by atoms with Gasteiger partial charge in [0.2, 0.25) is 0 Å². The summed E-state index contributed by atoms with van der Waals surface area (Å²) >= 11 is 2.23. The second-order valence-electron chi connectivity index (χ2n) is 5.91. The van der Waals surface area contributed by atoms with Crippen molar-refractivity contribution in [3.05, 3.63) is 63.9 Å². The number of halogens is 1. The quantitative estimate of drug-likeness (QED) is 0.333. The first-order valence-electron chi connectivity index (χ1n) is 8.03. The van der Waals surface area contributed by atoms with Gasteiger partial charge in [0.1, 0.15) is 11.8 Å². The number of ether oxygens (including phenoxy) is 1. The first-order chi connectivity index (χ1) is 12.6. The van der Waals surface area contributed by atoms with Crippen LogP contribution in [0.5, 0.6) is 5.75 Å². The van der Waals surface area contributed by atoms with Crippen LogP contribution in [0.2, 0.25) is 0 Å². The maximum atomic E-state index is 12.7. The lowest BCUT2D eigenvalue weighted by atomic mass is 10.1. The third-order valence-electron chi connectivity index (χ3n) is 4.33. The summed E-state index contributed by atoms with van der Waals surface area (Å²) in [5.74, 6) is 0.0465. The van der Waals surface area contributed by atoms with Gasteiger partial charge in [0.15, 0.2) is 0 Å². The summed E-state index contributed by atoms with van der Waals surface area (Å²) in [5, 5.41) is 2.18. The number of carbonyl (C=O) groups excluding carboxylic acids is 2. The van der Waals surface area contributed by atoms with Crippen LogP contribution in [-0.4, -0.2) is 28.7 Å². The molecule has 0 radical (unpaired) electrons. The predicted molar refractivity (Wildman–Crippen MR) is 104 cm³/mol. The minimum atomic E-state index is -0.534. The fraction of sp³-hybridized carbons (Fsp3) is 0.158. The monoisotopic (exact) mass is 462 g/mol. The summed E-state index contributed by atoms with van der Waals surface area (Å²) in [6.07, 6.45) is 0.00187. The molecule has 0 saturated heterocycles. The Morgan fingerprint density at radius 2 is 1.92 bits per heavy atom. The number of hydrogen-bond acceptors (Lipinski definition) is 4. The highest BCUT2D eigenvalue weighted by molar-refractivity contribution is 14.1. The maximum absolute atomic E-state index is 12.7. The Morgan fingerprint density at radius 3 is 2.65 bits per heavy atom. The van der Waals surface area contributed by atoms with E-state index in [-0.39, 0.29) is 12.5 Å². The van der Waals surface area contributed by atoms with Gasteiger partial charge in [-0.25, -0.2) is 4.79 Å². The van der Waals surface area contributed by atoms with Gasteiger partial charge in [-0.05, 0) is 59.0 Å². The van der Waals surface area contributed by atoms with Crippen molar-refractivity contribution in [2.24, 2.45) is 0 Å². The minimum absolute atomic E-state index is 0.00187. The number of aromatic nitrogens is 1. The number of hydroxylamine groups is 2. The van der Waals surface area contributed by atoms with Crippen molar-refractivity contribution in [3.63, 3.8) is 0 Å². The SMILES string of the molecule is CON1C(=O)n2c(cc3cc(I)ccc32)C1CC(=O)Oc1ccccc1. The van der Waals surface area contributed by atoms with Crippen molar-refractivity contribution in [3.8, 4) is 5.75 Å². The number of para-hydroxylation sites is 1. The molecule has 1 aliphatic rings. The van der Waals surface area contributed by atoms with Crippen molar-refractivity contribution in [2.45, 2.75) is 12.5 Å². The van der Waals surface area contributed by atoms with E-state index >= 15 is 0 Å². The molecule has 1 atom stereocenters. The molecule has 6 nitrogen and oxygen atoms in total. The van der Waals surface area contributed by atoms with E-state index in [1.807, 2.05) is 30.3 Å². The largest absolute Gasteiger partial charge is 0.426 e. The molecule has 0 bridgehead atoms. The van der Waals surface area contributed by atoms with Crippen molar-refractivity contribution < 1.29 is 19.2 Å². The van der Waals surface area contributed by atoms with E-state index in [4.69, 9.17) is 9.57 Å². The number of amides is 1.